The first-order valence-corrected chi connectivity index (χ1v) is 9.46. The Hall–Kier alpha value is -3.28. The van der Waals surface area contributed by atoms with E-state index in [1.807, 2.05) is 42.6 Å². The number of carbonyl (C=O) groups is 1. The second-order valence-corrected chi connectivity index (χ2v) is 6.86. The summed E-state index contributed by atoms with van der Waals surface area (Å²) in [5.41, 5.74) is 3.13. The Morgan fingerprint density at radius 2 is 2.00 bits per heavy atom. The number of anilines is 1. The van der Waals surface area contributed by atoms with Gasteiger partial charge in [0.15, 0.2) is 17.3 Å². The summed E-state index contributed by atoms with van der Waals surface area (Å²) in [7, 11) is 1.63. The van der Waals surface area contributed by atoms with Gasteiger partial charge in [0.25, 0.3) is 0 Å². The minimum atomic E-state index is -0.0715. The molecule has 6 heteroatoms. The summed E-state index contributed by atoms with van der Waals surface area (Å²) in [5, 5.41) is 9.74. The zero-order valence-corrected chi connectivity index (χ0v) is 16.0. The molecule has 2 heterocycles. The molecule has 28 heavy (non-hydrogen) atoms. The number of aromatic nitrogens is 2. The molecule has 2 N–H and O–H groups in total. The summed E-state index contributed by atoms with van der Waals surface area (Å²) in [4.78, 5) is 12.0. The molecule has 0 saturated heterocycles. The second kappa shape index (κ2) is 7.76. The van der Waals surface area contributed by atoms with Crippen molar-refractivity contribution in [2.24, 2.45) is 0 Å². The predicted molar refractivity (Wildman–Crippen MR) is 107 cm³/mol. The maximum Gasteiger partial charge on any atom is 0.226 e. The standard InChI is InChI=1S/C22H23N3O3/c1-3-6-14-7-4-5-8-18(14)28-19-10-9-15(11-20(19)27-2)16-12-21(26)24-22-17(16)13-23-25-22/h4-5,7-11,13,16H,3,6,12H2,1-2H3,(H2,23,24,25,26). The predicted octanol–water partition coefficient (Wildman–Crippen LogP) is 4.64. The summed E-state index contributed by atoms with van der Waals surface area (Å²) >= 11 is 0. The van der Waals surface area contributed by atoms with Gasteiger partial charge in [-0.1, -0.05) is 37.6 Å². The van der Waals surface area contributed by atoms with E-state index < -0.39 is 0 Å². The minimum Gasteiger partial charge on any atom is -0.493 e. The number of aromatic amines is 1. The van der Waals surface area contributed by atoms with E-state index in [0.29, 0.717) is 23.7 Å². The van der Waals surface area contributed by atoms with E-state index >= 15 is 0 Å². The zero-order valence-electron chi connectivity index (χ0n) is 16.0. The molecule has 1 amide bonds. The normalized spacial score (nSPS) is 15.6. The number of carbonyl (C=O) groups excluding carboxylic acids is 1. The maximum atomic E-state index is 12.0. The van der Waals surface area contributed by atoms with Crippen molar-refractivity contribution in [3.63, 3.8) is 0 Å². The smallest absolute Gasteiger partial charge is 0.226 e. The van der Waals surface area contributed by atoms with Crippen molar-refractivity contribution in [2.75, 3.05) is 12.4 Å². The molecule has 6 nitrogen and oxygen atoms in total. The third kappa shape index (κ3) is 3.45. The molecule has 0 radical (unpaired) electrons. The fraction of sp³-hybridized carbons (Fsp3) is 0.273. The van der Waals surface area contributed by atoms with Crippen LogP contribution in [0.1, 0.15) is 42.4 Å². The molecule has 1 aliphatic rings. The highest BCUT2D eigenvalue weighted by Gasteiger charge is 2.29. The first kappa shape index (κ1) is 18.1. The SMILES string of the molecule is CCCc1ccccc1Oc1ccc(C2CC(=O)Nc3n[nH]cc32)cc1OC. The summed E-state index contributed by atoms with van der Waals surface area (Å²) in [6.45, 7) is 2.15. The fourth-order valence-corrected chi connectivity index (χ4v) is 3.62. The lowest BCUT2D eigenvalue weighted by atomic mass is 9.87. The molecule has 3 aromatic rings. The number of hydrogen-bond donors (Lipinski definition) is 2. The Labute approximate surface area is 163 Å². The number of nitrogens with one attached hydrogen (secondary N) is 2. The van der Waals surface area contributed by atoms with E-state index in [1.165, 1.54) is 5.56 Å². The molecule has 2 aromatic carbocycles. The Morgan fingerprint density at radius 3 is 2.82 bits per heavy atom. The molecule has 0 saturated carbocycles. The van der Waals surface area contributed by atoms with Crippen LogP contribution >= 0.6 is 0 Å². The molecule has 0 bridgehead atoms. The lowest BCUT2D eigenvalue weighted by molar-refractivity contribution is -0.116. The van der Waals surface area contributed by atoms with Gasteiger partial charge in [0.05, 0.1) is 7.11 Å². The van der Waals surface area contributed by atoms with E-state index in [9.17, 15) is 4.79 Å². The third-order valence-corrected chi connectivity index (χ3v) is 4.99. The summed E-state index contributed by atoms with van der Waals surface area (Å²) < 4.78 is 11.8. The number of aryl methyl sites for hydroxylation is 1. The number of para-hydroxylation sites is 1. The van der Waals surface area contributed by atoms with Crippen LogP contribution in [0, 0.1) is 0 Å². The Morgan fingerprint density at radius 1 is 1.14 bits per heavy atom. The molecule has 4 rings (SSSR count). The van der Waals surface area contributed by atoms with E-state index in [0.717, 1.165) is 29.7 Å². The van der Waals surface area contributed by atoms with Crippen LogP contribution in [0.3, 0.4) is 0 Å². The van der Waals surface area contributed by atoms with Crippen molar-refractivity contribution in [3.8, 4) is 17.2 Å². The van der Waals surface area contributed by atoms with Crippen LogP contribution in [-0.4, -0.2) is 23.2 Å². The van der Waals surface area contributed by atoms with Crippen molar-refractivity contribution in [1.82, 2.24) is 10.2 Å². The number of H-pyrrole nitrogens is 1. The van der Waals surface area contributed by atoms with Crippen molar-refractivity contribution >= 4 is 11.7 Å². The van der Waals surface area contributed by atoms with Crippen LogP contribution in [0.2, 0.25) is 0 Å². The van der Waals surface area contributed by atoms with E-state index in [1.54, 1.807) is 7.11 Å². The first-order chi connectivity index (χ1) is 13.7. The van der Waals surface area contributed by atoms with Gasteiger partial charge in [0.2, 0.25) is 5.91 Å². The molecule has 144 valence electrons. The monoisotopic (exact) mass is 377 g/mol. The van der Waals surface area contributed by atoms with Gasteiger partial charge in [-0.05, 0) is 35.7 Å². The average molecular weight is 377 g/mol. The van der Waals surface area contributed by atoms with Gasteiger partial charge in [0.1, 0.15) is 5.75 Å². The lowest BCUT2D eigenvalue weighted by Gasteiger charge is -2.23. The number of fused-ring (bicyclic) bond motifs is 1. The molecular formula is C22H23N3O3. The molecular weight excluding hydrogens is 354 g/mol. The van der Waals surface area contributed by atoms with Gasteiger partial charge < -0.3 is 14.8 Å². The van der Waals surface area contributed by atoms with Crippen LogP contribution in [0.4, 0.5) is 5.82 Å². The molecule has 0 aliphatic carbocycles. The summed E-state index contributed by atoms with van der Waals surface area (Å²) in [6, 6.07) is 13.9. The first-order valence-electron chi connectivity index (χ1n) is 9.46. The molecule has 0 fully saturated rings. The van der Waals surface area contributed by atoms with E-state index in [2.05, 4.69) is 28.5 Å². The Kier molecular flexibility index (Phi) is 5.02. The molecule has 1 unspecified atom stereocenters. The minimum absolute atomic E-state index is 0.0441. The van der Waals surface area contributed by atoms with Gasteiger partial charge in [-0.2, -0.15) is 5.10 Å². The number of benzene rings is 2. The Balaban J connectivity index is 1.66. The van der Waals surface area contributed by atoms with Gasteiger partial charge in [-0.3, -0.25) is 9.89 Å². The number of methoxy groups -OCH3 is 1. The van der Waals surface area contributed by atoms with E-state index in [4.69, 9.17) is 9.47 Å². The molecule has 1 aromatic heterocycles. The second-order valence-electron chi connectivity index (χ2n) is 6.86. The highest BCUT2D eigenvalue weighted by atomic mass is 16.5. The fourth-order valence-electron chi connectivity index (χ4n) is 3.62. The molecule has 0 spiro atoms. The van der Waals surface area contributed by atoms with Crippen LogP contribution in [0.5, 0.6) is 17.2 Å². The highest BCUT2D eigenvalue weighted by molar-refractivity contribution is 5.94. The highest BCUT2D eigenvalue weighted by Crippen LogP contribution is 2.40. The Bertz CT molecular complexity index is 996. The average Bonchev–Trinajstić information content (AvgIpc) is 3.17. The van der Waals surface area contributed by atoms with Crippen molar-refractivity contribution in [3.05, 3.63) is 65.4 Å². The third-order valence-electron chi connectivity index (χ3n) is 4.99. The lowest BCUT2D eigenvalue weighted by Crippen LogP contribution is -2.22. The molecule has 1 atom stereocenters. The zero-order chi connectivity index (χ0) is 19.5. The van der Waals surface area contributed by atoms with Gasteiger partial charge in [0, 0.05) is 24.1 Å². The number of hydrogen-bond acceptors (Lipinski definition) is 4. The van der Waals surface area contributed by atoms with Crippen molar-refractivity contribution < 1.29 is 14.3 Å². The van der Waals surface area contributed by atoms with E-state index in [-0.39, 0.29) is 11.8 Å². The number of ether oxygens (including phenoxy) is 2. The van der Waals surface area contributed by atoms with Gasteiger partial charge >= 0.3 is 0 Å². The number of amides is 1. The maximum absolute atomic E-state index is 12.0. The number of rotatable bonds is 6. The van der Waals surface area contributed by atoms with Crippen LogP contribution in [0.15, 0.2) is 48.7 Å². The largest absolute Gasteiger partial charge is 0.493 e. The summed E-state index contributed by atoms with van der Waals surface area (Å²) in [6.07, 6.45) is 4.21. The van der Waals surface area contributed by atoms with Crippen LogP contribution in [-0.2, 0) is 11.2 Å². The quantitative estimate of drug-likeness (QED) is 0.656. The molecule has 1 aliphatic heterocycles. The van der Waals surface area contributed by atoms with Crippen LogP contribution in [0.25, 0.3) is 0 Å². The van der Waals surface area contributed by atoms with Crippen molar-refractivity contribution in [2.45, 2.75) is 32.1 Å². The number of nitrogens with zero attached hydrogens (tertiary/aromatic N) is 1. The summed E-state index contributed by atoms with van der Waals surface area (Å²) in [5.74, 6) is 2.61. The van der Waals surface area contributed by atoms with Gasteiger partial charge in [-0.15, -0.1) is 0 Å². The van der Waals surface area contributed by atoms with Crippen LogP contribution < -0.4 is 14.8 Å². The van der Waals surface area contributed by atoms with Crippen molar-refractivity contribution in [1.29, 1.82) is 0 Å². The van der Waals surface area contributed by atoms with Gasteiger partial charge in [-0.25, -0.2) is 0 Å². The topological polar surface area (TPSA) is 76.2 Å².